The van der Waals surface area contributed by atoms with Crippen LogP contribution in [0, 0.1) is 5.92 Å². The fraction of sp³-hybridized carbons (Fsp3) is 0.667. The molecule has 3 nitrogen and oxygen atoms in total. The molecule has 118 valence electrons. The van der Waals surface area contributed by atoms with Crippen LogP contribution >= 0.6 is 0 Å². The van der Waals surface area contributed by atoms with Crippen LogP contribution in [0.25, 0.3) is 0 Å². The second-order valence-corrected chi connectivity index (χ2v) is 6.30. The van der Waals surface area contributed by atoms with Crippen molar-refractivity contribution in [3.63, 3.8) is 0 Å². The number of aliphatic hydroxyl groups excluding tert-OH is 1. The molecule has 2 unspecified atom stereocenters. The maximum atomic E-state index is 9.09. The predicted molar refractivity (Wildman–Crippen MR) is 91.1 cm³/mol. The zero-order chi connectivity index (χ0) is 15.1. The smallest absolute Gasteiger partial charge is 0.0606 e. The molecule has 0 aromatic heterocycles. The largest absolute Gasteiger partial charge is 0.395 e. The molecule has 1 aliphatic rings. The van der Waals surface area contributed by atoms with Crippen molar-refractivity contribution >= 4 is 11.4 Å². The van der Waals surface area contributed by atoms with Crippen LogP contribution < -0.4 is 10.2 Å². The van der Waals surface area contributed by atoms with Gasteiger partial charge in [0.25, 0.3) is 0 Å². The lowest BCUT2D eigenvalue weighted by Gasteiger charge is -2.23. The van der Waals surface area contributed by atoms with E-state index in [1.165, 1.54) is 43.5 Å². The molecule has 2 atom stereocenters. The lowest BCUT2D eigenvalue weighted by atomic mass is 10.0. The Balaban J connectivity index is 1.92. The molecule has 3 heteroatoms. The molecule has 0 spiro atoms. The normalized spacial score (nSPS) is 22.6. The molecule has 0 heterocycles. The Labute approximate surface area is 129 Å². The third-order valence-corrected chi connectivity index (χ3v) is 4.61. The number of hydrogen-bond donors (Lipinski definition) is 2. The van der Waals surface area contributed by atoms with Crippen molar-refractivity contribution < 1.29 is 5.11 Å². The van der Waals surface area contributed by atoms with E-state index >= 15 is 0 Å². The van der Waals surface area contributed by atoms with Gasteiger partial charge in [-0.25, -0.2) is 0 Å². The number of anilines is 2. The molecule has 1 fully saturated rings. The Kier molecular flexibility index (Phi) is 6.37. The first-order valence-electron chi connectivity index (χ1n) is 8.45. The van der Waals surface area contributed by atoms with E-state index in [1.54, 1.807) is 0 Å². The number of hydrogen-bond acceptors (Lipinski definition) is 3. The molecule has 1 aliphatic carbocycles. The second kappa shape index (κ2) is 8.28. The molecular formula is C18H30N2O. The molecule has 1 saturated carbocycles. The van der Waals surface area contributed by atoms with E-state index < -0.39 is 0 Å². The Morgan fingerprint density at radius 2 is 1.90 bits per heavy atom. The summed E-state index contributed by atoms with van der Waals surface area (Å²) in [6.45, 7) is 6.32. The van der Waals surface area contributed by atoms with Crippen LogP contribution in [0.3, 0.4) is 0 Å². The quantitative estimate of drug-likeness (QED) is 0.780. The molecule has 2 N–H and O–H groups in total. The monoisotopic (exact) mass is 290 g/mol. The SMILES string of the molecule is CCN(CCO)c1ccc(NC2CCCC(C)CC2)cc1. The third-order valence-electron chi connectivity index (χ3n) is 4.61. The maximum Gasteiger partial charge on any atom is 0.0606 e. The number of aliphatic hydroxyl groups is 1. The van der Waals surface area contributed by atoms with Crippen molar-refractivity contribution in [1.82, 2.24) is 0 Å². The average molecular weight is 290 g/mol. The van der Waals surface area contributed by atoms with E-state index in [-0.39, 0.29) is 6.61 Å². The molecule has 0 amide bonds. The number of nitrogens with one attached hydrogen (secondary N) is 1. The maximum absolute atomic E-state index is 9.09. The van der Waals surface area contributed by atoms with Gasteiger partial charge in [0.2, 0.25) is 0 Å². The zero-order valence-corrected chi connectivity index (χ0v) is 13.5. The summed E-state index contributed by atoms with van der Waals surface area (Å²) in [5.74, 6) is 0.885. The summed E-state index contributed by atoms with van der Waals surface area (Å²) in [5, 5.41) is 12.8. The molecule has 21 heavy (non-hydrogen) atoms. The van der Waals surface area contributed by atoms with Gasteiger partial charge in [0, 0.05) is 30.5 Å². The highest BCUT2D eigenvalue weighted by Crippen LogP contribution is 2.26. The second-order valence-electron chi connectivity index (χ2n) is 6.30. The first-order chi connectivity index (χ1) is 10.2. The molecule has 2 rings (SSSR count). The molecule has 0 radical (unpaired) electrons. The highest BCUT2D eigenvalue weighted by molar-refractivity contribution is 5.55. The van der Waals surface area contributed by atoms with Gasteiger partial charge in [0.05, 0.1) is 6.61 Å². The number of nitrogens with zero attached hydrogens (tertiary/aromatic N) is 1. The predicted octanol–water partition coefficient (Wildman–Crippen LogP) is 3.89. The van der Waals surface area contributed by atoms with Gasteiger partial charge in [0.15, 0.2) is 0 Å². The van der Waals surface area contributed by atoms with Crippen LogP contribution in [-0.4, -0.2) is 30.8 Å². The lowest BCUT2D eigenvalue weighted by molar-refractivity contribution is 0.302. The molecular weight excluding hydrogens is 260 g/mol. The van der Waals surface area contributed by atoms with E-state index in [1.807, 2.05) is 0 Å². The van der Waals surface area contributed by atoms with Crippen LogP contribution in [0.1, 0.15) is 46.0 Å². The van der Waals surface area contributed by atoms with Crippen molar-refractivity contribution in [3.8, 4) is 0 Å². The van der Waals surface area contributed by atoms with Crippen molar-refractivity contribution in [2.24, 2.45) is 5.92 Å². The standard InChI is InChI=1S/C18H30N2O/c1-3-20(13-14-21)18-11-9-17(10-12-18)19-16-6-4-5-15(2)7-8-16/h9-12,15-16,19,21H,3-8,13-14H2,1-2H3. The van der Waals surface area contributed by atoms with Gasteiger partial charge >= 0.3 is 0 Å². The molecule has 0 bridgehead atoms. The summed E-state index contributed by atoms with van der Waals surface area (Å²) in [7, 11) is 0. The third kappa shape index (κ3) is 4.92. The fourth-order valence-corrected chi connectivity index (χ4v) is 3.23. The van der Waals surface area contributed by atoms with Gasteiger partial charge in [-0.2, -0.15) is 0 Å². The first kappa shape index (κ1) is 16.2. The minimum absolute atomic E-state index is 0.202. The first-order valence-corrected chi connectivity index (χ1v) is 8.45. The number of rotatable bonds is 6. The minimum Gasteiger partial charge on any atom is -0.395 e. The molecule has 1 aromatic rings. The van der Waals surface area contributed by atoms with E-state index in [2.05, 4.69) is 48.3 Å². The zero-order valence-electron chi connectivity index (χ0n) is 13.5. The Bertz CT molecular complexity index is 404. The van der Waals surface area contributed by atoms with Gasteiger partial charge < -0.3 is 15.3 Å². The Morgan fingerprint density at radius 1 is 1.14 bits per heavy atom. The van der Waals surface area contributed by atoms with Crippen molar-refractivity contribution in [1.29, 1.82) is 0 Å². The van der Waals surface area contributed by atoms with Crippen molar-refractivity contribution in [2.45, 2.75) is 52.0 Å². The van der Waals surface area contributed by atoms with Crippen LogP contribution in [0.4, 0.5) is 11.4 Å². The summed E-state index contributed by atoms with van der Waals surface area (Å²) in [5.41, 5.74) is 2.41. The van der Waals surface area contributed by atoms with Crippen LogP contribution in [0.5, 0.6) is 0 Å². The van der Waals surface area contributed by atoms with Gasteiger partial charge in [-0.3, -0.25) is 0 Å². The lowest BCUT2D eigenvalue weighted by Crippen LogP contribution is -2.26. The van der Waals surface area contributed by atoms with Gasteiger partial charge in [-0.05, 0) is 56.4 Å². The van der Waals surface area contributed by atoms with Crippen LogP contribution in [-0.2, 0) is 0 Å². The van der Waals surface area contributed by atoms with Gasteiger partial charge in [0.1, 0.15) is 0 Å². The van der Waals surface area contributed by atoms with Gasteiger partial charge in [-0.15, -0.1) is 0 Å². The summed E-state index contributed by atoms with van der Waals surface area (Å²) >= 11 is 0. The van der Waals surface area contributed by atoms with E-state index in [0.29, 0.717) is 12.6 Å². The van der Waals surface area contributed by atoms with E-state index in [9.17, 15) is 0 Å². The highest BCUT2D eigenvalue weighted by atomic mass is 16.3. The average Bonchev–Trinajstić information content (AvgIpc) is 2.70. The van der Waals surface area contributed by atoms with E-state index in [0.717, 1.165) is 12.5 Å². The Hall–Kier alpha value is -1.22. The minimum atomic E-state index is 0.202. The number of likely N-dealkylation sites (N-methyl/N-ethyl adjacent to an activating group) is 1. The van der Waals surface area contributed by atoms with E-state index in [4.69, 9.17) is 5.11 Å². The fourth-order valence-electron chi connectivity index (χ4n) is 3.23. The summed E-state index contributed by atoms with van der Waals surface area (Å²) in [6.07, 6.45) is 6.64. The summed E-state index contributed by atoms with van der Waals surface area (Å²) < 4.78 is 0. The van der Waals surface area contributed by atoms with Crippen LogP contribution in [0.2, 0.25) is 0 Å². The topological polar surface area (TPSA) is 35.5 Å². The van der Waals surface area contributed by atoms with Crippen molar-refractivity contribution in [2.75, 3.05) is 29.9 Å². The van der Waals surface area contributed by atoms with Gasteiger partial charge in [-0.1, -0.05) is 19.8 Å². The molecule has 1 aromatic carbocycles. The van der Waals surface area contributed by atoms with Crippen molar-refractivity contribution in [3.05, 3.63) is 24.3 Å². The highest BCUT2D eigenvalue weighted by Gasteiger charge is 2.15. The summed E-state index contributed by atoms with van der Waals surface area (Å²) in [6, 6.07) is 9.27. The Morgan fingerprint density at radius 3 is 2.57 bits per heavy atom. The molecule has 0 saturated heterocycles. The van der Waals surface area contributed by atoms with Crippen LogP contribution in [0.15, 0.2) is 24.3 Å². The number of benzene rings is 1. The molecule has 0 aliphatic heterocycles. The summed E-state index contributed by atoms with van der Waals surface area (Å²) in [4.78, 5) is 2.19.